The molecule has 0 radical (unpaired) electrons. The molecule has 0 saturated heterocycles. The summed E-state index contributed by atoms with van der Waals surface area (Å²) in [6.45, 7) is 3.33. The number of nitrogens with one attached hydrogen (secondary N) is 1. The average Bonchev–Trinajstić information content (AvgIpc) is 3.07. The van der Waals surface area contributed by atoms with E-state index in [4.69, 9.17) is 15.9 Å². The monoisotopic (exact) mass is 365 g/mol. The summed E-state index contributed by atoms with van der Waals surface area (Å²) in [5.41, 5.74) is 12.0. The lowest BCUT2D eigenvalue weighted by Crippen LogP contribution is -2.31. The first-order valence-corrected chi connectivity index (χ1v) is 7.43. The third-order valence-electron chi connectivity index (χ3n) is 2.66. The summed E-state index contributed by atoms with van der Waals surface area (Å²) in [7, 11) is 0. The maximum Gasteiger partial charge on any atom is 0.212 e. The van der Waals surface area contributed by atoms with Crippen molar-refractivity contribution < 1.29 is 4.42 Å². The molecule has 0 saturated carbocycles. The Morgan fingerprint density at radius 3 is 2.82 bits per heavy atom. The molecule has 0 aliphatic heterocycles. The number of rotatable bonds is 6. The molecular weight excluding hydrogens is 345 g/mol. The molecule has 0 spiro atoms. The first-order chi connectivity index (χ1) is 9.72. The number of nitrogens with zero attached hydrogens (tertiary/aromatic N) is 2. The zero-order valence-electron chi connectivity index (χ0n) is 12.2. The van der Waals surface area contributed by atoms with E-state index in [-0.39, 0.29) is 24.8 Å². The van der Waals surface area contributed by atoms with Crippen LogP contribution in [0.5, 0.6) is 0 Å². The molecule has 0 aliphatic carbocycles. The van der Waals surface area contributed by atoms with Crippen molar-refractivity contribution in [3.8, 4) is 11.5 Å². The predicted octanol–water partition coefficient (Wildman–Crippen LogP) is 3.04. The second-order valence-electron chi connectivity index (χ2n) is 4.26. The van der Waals surface area contributed by atoms with Crippen LogP contribution in [-0.2, 0) is 6.54 Å². The second kappa shape index (κ2) is 10.4. The summed E-state index contributed by atoms with van der Waals surface area (Å²) in [6, 6.07) is 3.70. The van der Waals surface area contributed by atoms with Crippen LogP contribution in [0.25, 0.3) is 11.5 Å². The molecule has 6 nitrogen and oxygen atoms in total. The summed E-state index contributed by atoms with van der Waals surface area (Å²) >= 11 is 1.42. The average molecular weight is 366 g/mol. The van der Waals surface area contributed by atoms with E-state index in [0.717, 1.165) is 30.8 Å². The molecule has 5 N–H and O–H groups in total. The van der Waals surface area contributed by atoms with Crippen molar-refractivity contribution in [2.75, 3.05) is 6.54 Å². The lowest BCUT2D eigenvalue weighted by molar-refractivity contribution is 0.524. The molecule has 0 fully saturated rings. The lowest BCUT2D eigenvalue weighted by Gasteiger charge is -2.02. The van der Waals surface area contributed by atoms with Crippen LogP contribution in [0.4, 0.5) is 5.13 Å². The van der Waals surface area contributed by atoms with Crippen molar-refractivity contribution in [2.24, 2.45) is 16.5 Å². The Balaban J connectivity index is 0.00000220. The highest BCUT2D eigenvalue weighted by Crippen LogP contribution is 2.27. The van der Waals surface area contributed by atoms with Crippen molar-refractivity contribution in [1.29, 1.82) is 0 Å². The number of furan rings is 1. The quantitative estimate of drug-likeness (QED) is 0.414. The van der Waals surface area contributed by atoms with Crippen LogP contribution in [-0.4, -0.2) is 17.5 Å². The predicted molar refractivity (Wildman–Crippen MR) is 96.4 cm³/mol. The van der Waals surface area contributed by atoms with E-state index in [0.29, 0.717) is 23.4 Å². The Morgan fingerprint density at radius 1 is 1.41 bits per heavy atom. The van der Waals surface area contributed by atoms with E-state index in [1.807, 2.05) is 17.5 Å². The van der Waals surface area contributed by atoms with Gasteiger partial charge in [-0.2, -0.15) is 4.99 Å². The van der Waals surface area contributed by atoms with Crippen molar-refractivity contribution in [1.82, 2.24) is 10.3 Å². The van der Waals surface area contributed by atoms with Crippen LogP contribution < -0.4 is 16.8 Å². The number of unbranched alkanes of at least 4 members (excludes halogenated alkanes) is 1. The van der Waals surface area contributed by atoms with Crippen LogP contribution in [0.1, 0.15) is 25.5 Å². The largest absolute Gasteiger partial charge is 0.458 e. The van der Waals surface area contributed by atoms with Gasteiger partial charge >= 0.3 is 0 Å². The summed E-state index contributed by atoms with van der Waals surface area (Å²) in [6.07, 6.45) is 2.18. The Labute approximate surface area is 146 Å². The van der Waals surface area contributed by atoms with E-state index in [1.165, 1.54) is 11.3 Å². The Kier molecular flexibility index (Phi) is 9.84. The minimum Gasteiger partial charge on any atom is -0.458 e. The van der Waals surface area contributed by atoms with Gasteiger partial charge in [0.25, 0.3) is 0 Å². The topological polar surface area (TPSA) is 102 Å². The highest BCUT2D eigenvalue weighted by Gasteiger charge is 2.08. The fraction of sp³-hybridized carbons (Fsp3) is 0.385. The lowest BCUT2D eigenvalue weighted by atomic mass is 10.3. The van der Waals surface area contributed by atoms with Crippen molar-refractivity contribution >= 4 is 47.2 Å². The van der Waals surface area contributed by atoms with E-state index in [2.05, 4.69) is 22.2 Å². The zero-order chi connectivity index (χ0) is 14.4. The van der Waals surface area contributed by atoms with Crippen molar-refractivity contribution in [3.05, 3.63) is 23.3 Å². The van der Waals surface area contributed by atoms with Gasteiger partial charge in [0.05, 0.1) is 6.54 Å². The van der Waals surface area contributed by atoms with E-state index >= 15 is 0 Å². The number of guanidine groups is 1. The van der Waals surface area contributed by atoms with E-state index in [1.54, 1.807) is 0 Å². The van der Waals surface area contributed by atoms with Gasteiger partial charge in [0.15, 0.2) is 11.7 Å². The molecule has 2 aromatic heterocycles. The first-order valence-electron chi connectivity index (χ1n) is 6.55. The molecule has 9 heteroatoms. The van der Waals surface area contributed by atoms with Gasteiger partial charge in [0.1, 0.15) is 11.5 Å². The molecule has 0 atom stereocenters. The van der Waals surface area contributed by atoms with Gasteiger partial charge < -0.3 is 21.2 Å². The summed E-state index contributed by atoms with van der Waals surface area (Å²) in [5, 5.41) is 5.54. The number of nitrogens with two attached hydrogens (primary N) is 2. The molecule has 0 aliphatic rings. The fourth-order valence-corrected chi connectivity index (χ4v) is 2.28. The number of halogens is 2. The fourth-order valence-electron chi connectivity index (χ4n) is 1.59. The van der Waals surface area contributed by atoms with Crippen LogP contribution in [0, 0.1) is 0 Å². The smallest absolute Gasteiger partial charge is 0.212 e. The molecule has 2 aromatic rings. The maximum atomic E-state index is 5.79. The van der Waals surface area contributed by atoms with Crippen LogP contribution in [0.15, 0.2) is 26.9 Å². The zero-order valence-corrected chi connectivity index (χ0v) is 14.7. The Bertz CT molecular complexity index is 585. The summed E-state index contributed by atoms with van der Waals surface area (Å²) in [4.78, 5) is 8.60. The highest BCUT2D eigenvalue weighted by atomic mass is 35.5. The van der Waals surface area contributed by atoms with Gasteiger partial charge in [-0.3, -0.25) is 0 Å². The summed E-state index contributed by atoms with van der Waals surface area (Å²) in [5.74, 6) is 1.82. The number of hydrogen-bond donors (Lipinski definition) is 3. The van der Waals surface area contributed by atoms with Gasteiger partial charge in [-0.25, -0.2) is 4.98 Å². The molecule has 124 valence electrons. The molecule has 0 unspecified atom stereocenters. The van der Waals surface area contributed by atoms with Crippen LogP contribution >= 0.6 is 36.2 Å². The van der Waals surface area contributed by atoms with Gasteiger partial charge in [-0.1, -0.05) is 13.3 Å². The standard InChI is InChI=1S/C13H19N5OS.2ClH/c1-2-3-6-16-12(15)18-13-17-10(8-20-13)11-5-4-9(7-14)19-11;;/h4-5,8H,2-3,6-7,14H2,1H3,(H3,15,16,17,18);2*1H. The van der Waals surface area contributed by atoms with Crippen LogP contribution in [0.2, 0.25) is 0 Å². The van der Waals surface area contributed by atoms with Crippen LogP contribution in [0.3, 0.4) is 0 Å². The molecule has 22 heavy (non-hydrogen) atoms. The Morgan fingerprint density at radius 2 is 2.18 bits per heavy atom. The van der Waals surface area contributed by atoms with Crippen molar-refractivity contribution in [3.63, 3.8) is 0 Å². The third kappa shape index (κ3) is 5.84. The number of thiazole rings is 1. The van der Waals surface area contributed by atoms with E-state index in [9.17, 15) is 0 Å². The second-order valence-corrected chi connectivity index (χ2v) is 5.10. The van der Waals surface area contributed by atoms with Gasteiger partial charge in [-0.15, -0.1) is 36.2 Å². The maximum absolute atomic E-state index is 5.79. The normalized spacial score (nSPS) is 10.7. The molecule has 0 amide bonds. The van der Waals surface area contributed by atoms with Crippen molar-refractivity contribution in [2.45, 2.75) is 26.3 Å². The minimum atomic E-state index is 0. The van der Waals surface area contributed by atoms with Gasteiger partial charge in [0, 0.05) is 11.9 Å². The molecule has 2 rings (SSSR count). The number of aromatic nitrogens is 1. The van der Waals surface area contributed by atoms with Gasteiger partial charge in [0.2, 0.25) is 5.13 Å². The number of hydrogen-bond acceptors (Lipinski definition) is 5. The first kappa shape index (κ1) is 20.7. The van der Waals surface area contributed by atoms with E-state index < -0.39 is 0 Å². The SMILES string of the molecule is CCCCNC(N)=Nc1nc(-c2ccc(CN)o2)cs1.Cl.Cl. The summed E-state index contributed by atoms with van der Waals surface area (Å²) < 4.78 is 5.54. The molecule has 2 heterocycles. The third-order valence-corrected chi connectivity index (χ3v) is 3.39. The highest BCUT2D eigenvalue weighted by molar-refractivity contribution is 7.13. The number of aliphatic imine (C=N–C) groups is 1. The molecular formula is C13H21Cl2N5OS. The molecule has 0 bridgehead atoms. The molecule has 0 aromatic carbocycles. The van der Waals surface area contributed by atoms with Gasteiger partial charge in [-0.05, 0) is 18.6 Å². The minimum absolute atomic E-state index is 0. The Hall–Kier alpha value is -1.28.